The first-order valence-corrected chi connectivity index (χ1v) is 6.91. The minimum absolute atomic E-state index is 0.180. The van der Waals surface area contributed by atoms with E-state index in [0.29, 0.717) is 11.3 Å². The van der Waals surface area contributed by atoms with Gasteiger partial charge in [-0.1, -0.05) is 18.2 Å². The average molecular weight is 328 g/mol. The first-order valence-electron chi connectivity index (χ1n) is 6.91. The lowest BCUT2D eigenvalue weighted by atomic mass is 10.2. The minimum atomic E-state index is -0.775. The molecule has 0 saturated heterocycles. The number of para-hydroxylation sites is 1. The van der Waals surface area contributed by atoms with Gasteiger partial charge in [0.15, 0.2) is 13.2 Å². The Labute approximate surface area is 137 Å². The van der Waals surface area contributed by atoms with Gasteiger partial charge in [-0.15, -0.1) is 0 Å². The fourth-order valence-corrected chi connectivity index (χ4v) is 1.76. The summed E-state index contributed by atoms with van der Waals surface area (Å²) >= 11 is 0. The topological polar surface area (TPSA) is 88.4 Å². The van der Waals surface area contributed by atoms with E-state index in [1.54, 1.807) is 24.3 Å². The SMILES string of the molecule is N#Cc1ccccc1NC(=O)COC(=O)COc1cccc(F)c1. The number of anilines is 1. The van der Waals surface area contributed by atoms with E-state index in [1.165, 1.54) is 18.2 Å². The maximum Gasteiger partial charge on any atom is 0.344 e. The number of amides is 1. The molecule has 1 N–H and O–H groups in total. The lowest BCUT2D eigenvalue weighted by Crippen LogP contribution is -2.24. The Hall–Kier alpha value is -3.40. The summed E-state index contributed by atoms with van der Waals surface area (Å²) in [5.41, 5.74) is 0.628. The number of nitrogens with zero attached hydrogens (tertiary/aromatic N) is 1. The third kappa shape index (κ3) is 5.10. The highest BCUT2D eigenvalue weighted by molar-refractivity contribution is 5.94. The van der Waals surface area contributed by atoms with E-state index in [1.807, 2.05) is 6.07 Å². The smallest absolute Gasteiger partial charge is 0.344 e. The van der Waals surface area contributed by atoms with Crippen LogP contribution in [0.4, 0.5) is 10.1 Å². The number of esters is 1. The Morgan fingerprint density at radius 2 is 1.92 bits per heavy atom. The van der Waals surface area contributed by atoms with E-state index in [4.69, 9.17) is 14.7 Å². The highest BCUT2D eigenvalue weighted by Gasteiger charge is 2.10. The Bertz CT molecular complexity index is 786. The third-order valence-corrected chi connectivity index (χ3v) is 2.84. The molecule has 0 atom stereocenters. The number of carbonyl (C=O) groups excluding carboxylic acids is 2. The maximum atomic E-state index is 12.9. The van der Waals surface area contributed by atoms with Crippen LogP contribution >= 0.6 is 0 Å². The van der Waals surface area contributed by atoms with Crippen molar-refractivity contribution in [2.24, 2.45) is 0 Å². The van der Waals surface area contributed by atoms with Gasteiger partial charge in [-0.25, -0.2) is 9.18 Å². The van der Waals surface area contributed by atoms with E-state index < -0.39 is 30.9 Å². The van der Waals surface area contributed by atoms with Crippen molar-refractivity contribution >= 4 is 17.6 Å². The van der Waals surface area contributed by atoms with Crippen molar-refractivity contribution in [3.8, 4) is 11.8 Å². The van der Waals surface area contributed by atoms with Crippen molar-refractivity contribution in [3.05, 3.63) is 59.9 Å². The number of halogens is 1. The van der Waals surface area contributed by atoms with Crippen LogP contribution in [0.3, 0.4) is 0 Å². The first-order chi connectivity index (χ1) is 11.6. The summed E-state index contributed by atoms with van der Waals surface area (Å²) in [4.78, 5) is 23.2. The lowest BCUT2D eigenvalue weighted by Gasteiger charge is -2.08. The van der Waals surface area contributed by atoms with Crippen molar-refractivity contribution in [1.82, 2.24) is 0 Å². The largest absolute Gasteiger partial charge is 0.482 e. The summed E-state index contributed by atoms with van der Waals surface area (Å²) in [5, 5.41) is 11.4. The Balaban J connectivity index is 1.77. The number of carbonyl (C=O) groups is 2. The van der Waals surface area contributed by atoms with Gasteiger partial charge in [0, 0.05) is 6.07 Å². The number of benzene rings is 2. The van der Waals surface area contributed by atoms with Crippen molar-refractivity contribution < 1.29 is 23.5 Å². The predicted molar refractivity (Wildman–Crippen MR) is 82.6 cm³/mol. The van der Waals surface area contributed by atoms with Crippen LogP contribution in [0.15, 0.2) is 48.5 Å². The molecule has 0 saturated carbocycles. The lowest BCUT2D eigenvalue weighted by molar-refractivity contribution is -0.149. The van der Waals surface area contributed by atoms with Gasteiger partial charge >= 0.3 is 5.97 Å². The molecule has 6 nitrogen and oxygen atoms in total. The molecule has 0 aromatic heterocycles. The second-order valence-electron chi connectivity index (χ2n) is 4.61. The van der Waals surface area contributed by atoms with Gasteiger partial charge in [0.2, 0.25) is 0 Å². The maximum absolute atomic E-state index is 12.9. The predicted octanol–water partition coefficient (Wildman–Crippen LogP) is 2.26. The number of nitriles is 1. The normalized spacial score (nSPS) is 9.67. The van der Waals surface area contributed by atoms with Gasteiger partial charge in [0.25, 0.3) is 5.91 Å². The van der Waals surface area contributed by atoms with Crippen LogP contribution in [0.5, 0.6) is 5.75 Å². The van der Waals surface area contributed by atoms with Crippen LogP contribution in [-0.4, -0.2) is 25.1 Å². The van der Waals surface area contributed by atoms with Crippen LogP contribution in [0.25, 0.3) is 0 Å². The van der Waals surface area contributed by atoms with E-state index >= 15 is 0 Å². The molecule has 2 aromatic carbocycles. The summed E-state index contributed by atoms with van der Waals surface area (Å²) in [6, 6.07) is 13.7. The summed E-state index contributed by atoms with van der Waals surface area (Å²) in [6.45, 7) is -0.976. The van der Waals surface area contributed by atoms with Crippen molar-refractivity contribution in [1.29, 1.82) is 5.26 Å². The number of rotatable bonds is 6. The second kappa shape index (κ2) is 8.29. The van der Waals surface area contributed by atoms with Crippen LogP contribution < -0.4 is 10.1 Å². The standard InChI is InChI=1S/C17H13FN2O4/c18-13-5-3-6-14(8-13)23-11-17(22)24-10-16(21)20-15-7-2-1-4-12(15)9-19/h1-8H,10-11H2,(H,20,21). The molecule has 24 heavy (non-hydrogen) atoms. The average Bonchev–Trinajstić information content (AvgIpc) is 2.58. The van der Waals surface area contributed by atoms with E-state index in [9.17, 15) is 14.0 Å². The molecule has 0 aliphatic carbocycles. The zero-order valence-corrected chi connectivity index (χ0v) is 12.5. The zero-order valence-electron chi connectivity index (χ0n) is 12.5. The summed E-state index contributed by atoms with van der Waals surface area (Å²) in [6.07, 6.45) is 0. The van der Waals surface area contributed by atoms with Crippen LogP contribution in [-0.2, 0) is 14.3 Å². The highest BCUT2D eigenvalue weighted by atomic mass is 19.1. The second-order valence-corrected chi connectivity index (χ2v) is 4.61. The van der Waals surface area contributed by atoms with Gasteiger partial charge in [0.1, 0.15) is 17.6 Å². The van der Waals surface area contributed by atoms with Crippen LogP contribution in [0, 0.1) is 17.1 Å². The third-order valence-electron chi connectivity index (χ3n) is 2.84. The zero-order chi connectivity index (χ0) is 17.4. The molecule has 0 aliphatic rings. The van der Waals surface area contributed by atoms with E-state index in [-0.39, 0.29) is 5.75 Å². The molecule has 0 unspecified atom stereocenters. The van der Waals surface area contributed by atoms with Crippen LogP contribution in [0.2, 0.25) is 0 Å². The number of hydrogen-bond donors (Lipinski definition) is 1. The quantitative estimate of drug-likeness (QED) is 0.822. The molecule has 2 aromatic rings. The van der Waals surface area contributed by atoms with Crippen LogP contribution in [0.1, 0.15) is 5.56 Å². The number of ether oxygens (including phenoxy) is 2. The molecular weight excluding hydrogens is 315 g/mol. The van der Waals surface area contributed by atoms with Gasteiger partial charge in [-0.3, -0.25) is 4.79 Å². The van der Waals surface area contributed by atoms with Gasteiger partial charge in [0.05, 0.1) is 11.3 Å². The fraction of sp³-hybridized carbons (Fsp3) is 0.118. The summed E-state index contributed by atoms with van der Waals surface area (Å²) < 4.78 is 22.7. The number of nitrogens with one attached hydrogen (secondary N) is 1. The Morgan fingerprint density at radius 1 is 1.12 bits per heavy atom. The summed E-state index contributed by atoms with van der Waals surface area (Å²) in [5.74, 6) is -1.67. The Kier molecular flexibility index (Phi) is 5.86. The molecular formula is C17H13FN2O4. The molecule has 0 radical (unpaired) electrons. The van der Waals surface area contributed by atoms with Gasteiger partial charge < -0.3 is 14.8 Å². The van der Waals surface area contributed by atoms with Gasteiger partial charge in [-0.2, -0.15) is 5.26 Å². The molecule has 0 bridgehead atoms. The summed E-state index contributed by atoms with van der Waals surface area (Å²) in [7, 11) is 0. The molecule has 1 amide bonds. The van der Waals surface area contributed by atoms with Crippen molar-refractivity contribution in [2.75, 3.05) is 18.5 Å². The molecule has 0 aliphatic heterocycles. The molecule has 0 heterocycles. The Morgan fingerprint density at radius 3 is 2.67 bits per heavy atom. The molecule has 0 spiro atoms. The van der Waals surface area contributed by atoms with E-state index in [0.717, 1.165) is 6.07 Å². The monoisotopic (exact) mass is 328 g/mol. The van der Waals surface area contributed by atoms with Crippen molar-refractivity contribution in [3.63, 3.8) is 0 Å². The molecule has 2 rings (SSSR count). The van der Waals surface area contributed by atoms with Gasteiger partial charge in [-0.05, 0) is 24.3 Å². The molecule has 7 heteroatoms. The number of hydrogen-bond acceptors (Lipinski definition) is 5. The fourth-order valence-electron chi connectivity index (χ4n) is 1.76. The van der Waals surface area contributed by atoms with Crippen molar-refractivity contribution in [2.45, 2.75) is 0 Å². The molecule has 0 fully saturated rings. The minimum Gasteiger partial charge on any atom is -0.482 e. The first kappa shape index (κ1) is 17.0. The molecule has 122 valence electrons. The highest BCUT2D eigenvalue weighted by Crippen LogP contribution is 2.13. The van der Waals surface area contributed by atoms with E-state index in [2.05, 4.69) is 5.32 Å².